The highest BCUT2D eigenvalue weighted by molar-refractivity contribution is 6.29. The van der Waals surface area contributed by atoms with E-state index < -0.39 is 0 Å². The number of nitrogens with zero attached hydrogens (tertiary/aromatic N) is 5. The molecule has 0 bridgehead atoms. The Morgan fingerprint density at radius 3 is 2.76 bits per heavy atom. The summed E-state index contributed by atoms with van der Waals surface area (Å²) in [6.07, 6.45) is 2.29. The summed E-state index contributed by atoms with van der Waals surface area (Å²) >= 11 is 5.83. The van der Waals surface area contributed by atoms with E-state index in [9.17, 15) is 5.11 Å². The average Bonchev–Trinajstić information content (AvgIpc) is 3.09. The average molecular weight is 356 g/mol. The van der Waals surface area contributed by atoms with Crippen molar-refractivity contribution >= 4 is 17.2 Å². The molecule has 0 aliphatic heterocycles. The van der Waals surface area contributed by atoms with Crippen LogP contribution in [0.25, 0.3) is 11.3 Å². The normalized spacial score (nSPS) is 11.3. The molecule has 0 spiro atoms. The van der Waals surface area contributed by atoms with Gasteiger partial charge in [-0.05, 0) is 29.7 Å². The number of hydrogen-bond donors (Lipinski definition) is 0. The predicted octanol–water partition coefficient (Wildman–Crippen LogP) is 1.93. The Morgan fingerprint density at radius 2 is 2.08 bits per heavy atom. The number of aromatic nitrogens is 5. The molecule has 8 heteroatoms. The number of fused-ring (bicyclic) bond motifs is 1. The van der Waals surface area contributed by atoms with Gasteiger partial charge in [0.15, 0.2) is 11.4 Å². The Kier molecular flexibility index (Phi) is 3.65. The van der Waals surface area contributed by atoms with Gasteiger partial charge in [-0.2, -0.15) is 4.57 Å². The Bertz CT molecular complexity index is 1050. The molecule has 0 radical (unpaired) electrons. The molecule has 4 heterocycles. The van der Waals surface area contributed by atoms with Crippen LogP contribution in [0, 0.1) is 13.8 Å². The first-order valence-electron chi connectivity index (χ1n) is 7.68. The van der Waals surface area contributed by atoms with Crippen LogP contribution in [-0.4, -0.2) is 19.8 Å². The van der Waals surface area contributed by atoms with Gasteiger partial charge in [-0.1, -0.05) is 33.4 Å². The lowest BCUT2D eigenvalue weighted by Gasteiger charge is -2.01. The lowest BCUT2D eigenvalue weighted by Crippen LogP contribution is -2.29. The number of rotatable bonds is 3. The van der Waals surface area contributed by atoms with E-state index in [0.717, 1.165) is 11.3 Å². The summed E-state index contributed by atoms with van der Waals surface area (Å²) in [6.45, 7) is 3.57. The molecule has 0 aromatic carbocycles. The third-order valence-electron chi connectivity index (χ3n) is 4.02. The van der Waals surface area contributed by atoms with Gasteiger partial charge in [0, 0.05) is 25.6 Å². The zero-order valence-corrected chi connectivity index (χ0v) is 14.4. The topological polar surface area (TPSA) is 83.9 Å². The molecule has 0 aliphatic carbocycles. The summed E-state index contributed by atoms with van der Waals surface area (Å²) in [5.74, 6) is 0.571. The van der Waals surface area contributed by atoms with E-state index in [1.54, 1.807) is 30.6 Å². The van der Waals surface area contributed by atoms with Gasteiger partial charge in [-0.3, -0.25) is 0 Å². The molecule has 0 unspecified atom stereocenters. The molecule has 0 aliphatic rings. The molecule has 0 N–H and O–H groups in total. The second-order valence-corrected chi connectivity index (χ2v) is 6.13. The minimum absolute atomic E-state index is 0.379. The number of pyridine rings is 2. The quantitative estimate of drug-likeness (QED) is 0.414. The first kappa shape index (κ1) is 15.6. The van der Waals surface area contributed by atoms with Crippen LogP contribution < -0.4 is 9.62 Å². The molecule has 0 atom stereocenters. The summed E-state index contributed by atoms with van der Waals surface area (Å²) in [4.78, 5) is 4.09. The Labute approximate surface area is 148 Å². The summed E-state index contributed by atoms with van der Waals surface area (Å²) in [5.41, 5.74) is 3.76. The van der Waals surface area contributed by atoms with Crippen LogP contribution in [0.3, 0.4) is 0 Å². The maximum atomic E-state index is 12.5. The zero-order chi connectivity index (χ0) is 17.6. The Balaban J connectivity index is 1.86. The van der Waals surface area contributed by atoms with Crippen molar-refractivity contribution in [2.24, 2.45) is 0 Å². The van der Waals surface area contributed by atoms with Crippen molar-refractivity contribution in [2.75, 3.05) is 0 Å². The highest BCUT2D eigenvalue weighted by Gasteiger charge is 2.24. The molecular formula is C17H14ClN5O2. The summed E-state index contributed by atoms with van der Waals surface area (Å²) in [7, 11) is 0. The van der Waals surface area contributed by atoms with Crippen LogP contribution in [0.1, 0.15) is 22.7 Å². The van der Waals surface area contributed by atoms with Crippen LogP contribution in [-0.2, 0) is 6.42 Å². The summed E-state index contributed by atoms with van der Waals surface area (Å²) < 4.78 is 8.35. The molecule has 4 rings (SSSR count). The fourth-order valence-corrected chi connectivity index (χ4v) is 3.02. The number of aryl methyl sites for hydroxylation is 2. The van der Waals surface area contributed by atoms with Gasteiger partial charge in [-0.25, -0.2) is 4.98 Å². The van der Waals surface area contributed by atoms with Crippen molar-refractivity contribution in [1.29, 1.82) is 0 Å². The maximum absolute atomic E-state index is 12.5. The first-order chi connectivity index (χ1) is 12.0. The predicted molar refractivity (Wildman–Crippen MR) is 87.8 cm³/mol. The van der Waals surface area contributed by atoms with Crippen molar-refractivity contribution in [3.63, 3.8) is 0 Å². The zero-order valence-electron chi connectivity index (χ0n) is 13.6. The molecular weight excluding hydrogens is 342 g/mol. The fraction of sp³-hybridized carbons (Fsp3) is 0.176. The summed E-state index contributed by atoms with van der Waals surface area (Å²) in [5, 5.41) is 21.1. The SMILES string of the molecule is Cc1noc(C)c1-n1c([O-])n[n+]2c(Cc3ccc(Cl)nc3)cccc12. The lowest BCUT2D eigenvalue weighted by molar-refractivity contribution is -0.590. The van der Waals surface area contributed by atoms with Crippen molar-refractivity contribution in [3.05, 3.63) is 64.4 Å². The standard InChI is InChI=1S/C17H14ClN5O2/c1-10-16(11(2)25-21-10)22-15-5-3-4-13(23(15)20-17(22)24)8-12-6-7-14(18)19-9-12/h3-7,9H,8H2,1-2H3. The van der Waals surface area contributed by atoms with E-state index in [0.29, 0.717) is 34.4 Å². The molecule has 126 valence electrons. The molecule has 0 saturated heterocycles. The molecule has 0 saturated carbocycles. The van der Waals surface area contributed by atoms with E-state index in [-0.39, 0.29) is 6.01 Å². The second kappa shape index (κ2) is 5.86. The smallest absolute Gasteiger partial charge is 0.313 e. The maximum Gasteiger partial charge on any atom is 0.313 e. The van der Waals surface area contributed by atoms with Crippen LogP contribution in [0.2, 0.25) is 5.15 Å². The highest BCUT2D eigenvalue weighted by atomic mass is 35.5. The van der Waals surface area contributed by atoms with Crippen molar-refractivity contribution in [2.45, 2.75) is 20.3 Å². The molecule has 0 fully saturated rings. The van der Waals surface area contributed by atoms with Gasteiger partial charge in [0.05, 0.1) is 0 Å². The van der Waals surface area contributed by atoms with E-state index in [1.165, 1.54) is 4.57 Å². The largest absolute Gasteiger partial charge is 0.824 e. The van der Waals surface area contributed by atoms with Gasteiger partial charge in [0.2, 0.25) is 6.01 Å². The van der Waals surface area contributed by atoms with E-state index in [1.807, 2.05) is 24.3 Å². The summed E-state index contributed by atoms with van der Waals surface area (Å²) in [6, 6.07) is 8.91. The Morgan fingerprint density at radius 1 is 1.24 bits per heavy atom. The third kappa shape index (κ3) is 2.62. The van der Waals surface area contributed by atoms with Crippen molar-refractivity contribution in [1.82, 2.24) is 19.8 Å². The first-order valence-corrected chi connectivity index (χ1v) is 8.06. The minimum atomic E-state index is -0.379. The monoisotopic (exact) mass is 355 g/mol. The van der Waals surface area contributed by atoms with Gasteiger partial charge in [-0.15, -0.1) is 0 Å². The van der Waals surface area contributed by atoms with Gasteiger partial charge < -0.3 is 9.63 Å². The molecule has 25 heavy (non-hydrogen) atoms. The molecule has 0 amide bonds. The third-order valence-corrected chi connectivity index (χ3v) is 4.25. The van der Waals surface area contributed by atoms with Gasteiger partial charge >= 0.3 is 5.65 Å². The van der Waals surface area contributed by atoms with E-state index in [2.05, 4.69) is 15.2 Å². The second-order valence-electron chi connectivity index (χ2n) is 5.74. The van der Waals surface area contributed by atoms with Crippen molar-refractivity contribution in [3.8, 4) is 11.7 Å². The Hall–Kier alpha value is -2.93. The minimum Gasteiger partial charge on any atom is -0.824 e. The highest BCUT2D eigenvalue weighted by Crippen LogP contribution is 2.23. The number of halogens is 1. The van der Waals surface area contributed by atoms with Gasteiger partial charge in [0.25, 0.3) is 0 Å². The van der Waals surface area contributed by atoms with Crippen molar-refractivity contribution < 1.29 is 14.1 Å². The number of hydrogen-bond acceptors (Lipinski definition) is 5. The molecule has 7 nitrogen and oxygen atoms in total. The molecule has 4 aromatic rings. The van der Waals surface area contributed by atoms with Crippen LogP contribution in [0.15, 0.2) is 41.1 Å². The van der Waals surface area contributed by atoms with Gasteiger partial charge in [0.1, 0.15) is 16.5 Å². The molecule has 4 aromatic heterocycles. The van der Waals surface area contributed by atoms with Crippen LogP contribution in [0.4, 0.5) is 0 Å². The van der Waals surface area contributed by atoms with Crippen LogP contribution >= 0.6 is 11.6 Å². The lowest BCUT2D eigenvalue weighted by atomic mass is 10.1. The van der Waals surface area contributed by atoms with E-state index in [4.69, 9.17) is 16.1 Å². The van der Waals surface area contributed by atoms with Crippen LogP contribution in [0.5, 0.6) is 6.01 Å². The fourth-order valence-electron chi connectivity index (χ4n) is 2.91. The van der Waals surface area contributed by atoms with E-state index >= 15 is 0 Å².